The molecule has 0 aliphatic heterocycles. The van der Waals surface area contributed by atoms with Crippen molar-refractivity contribution >= 4 is 41.3 Å². The molecule has 1 unspecified atom stereocenters. The Bertz CT molecular complexity index is 754. The van der Waals surface area contributed by atoms with E-state index >= 15 is 0 Å². The lowest BCUT2D eigenvalue weighted by Crippen LogP contribution is -2.38. The van der Waals surface area contributed by atoms with Gasteiger partial charge >= 0.3 is 0 Å². The van der Waals surface area contributed by atoms with Crippen LogP contribution in [0.4, 0.5) is 0 Å². The van der Waals surface area contributed by atoms with Crippen molar-refractivity contribution in [3.8, 4) is 0 Å². The molecule has 158 valence electrons. The molecule has 2 aromatic rings. The van der Waals surface area contributed by atoms with Crippen LogP contribution in [0.1, 0.15) is 63.1 Å². The number of ether oxygens (including phenoxy) is 1. The second kappa shape index (κ2) is 11.1. The summed E-state index contributed by atoms with van der Waals surface area (Å²) < 4.78 is 11.2. The van der Waals surface area contributed by atoms with Crippen LogP contribution in [0.3, 0.4) is 0 Å². The van der Waals surface area contributed by atoms with Gasteiger partial charge in [0.2, 0.25) is 5.89 Å². The lowest BCUT2D eigenvalue weighted by molar-refractivity contribution is 0.119. The summed E-state index contributed by atoms with van der Waals surface area (Å²) in [5.41, 5.74) is 0.941. The van der Waals surface area contributed by atoms with Crippen molar-refractivity contribution in [1.29, 1.82) is 0 Å². The zero-order valence-electron chi connectivity index (χ0n) is 17.8. The van der Waals surface area contributed by atoms with Gasteiger partial charge in [-0.15, -0.1) is 35.3 Å². The maximum atomic E-state index is 5.83. The number of hydrogen-bond donors (Lipinski definition) is 1. The van der Waals surface area contributed by atoms with Crippen LogP contribution in [0.5, 0.6) is 0 Å². The minimum absolute atomic E-state index is 0. The molecule has 2 heterocycles. The molecule has 0 fully saturated rings. The molecule has 0 aliphatic carbocycles. The van der Waals surface area contributed by atoms with Crippen molar-refractivity contribution in [3.63, 3.8) is 0 Å². The van der Waals surface area contributed by atoms with Gasteiger partial charge in [-0.1, -0.05) is 20.8 Å². The number of aromatic nitrogens is 2. The zero-order chi connectivity index (χ0) is 20.0. The molecule has 2 aromatic heterocycles. The summed E-state index contributed by atoms with van der Waals surface area (Å²) in [4.78, 5) is 15.7. The number of nitrogens with one attached hydrogen (secondary N) is 1. The van der Waals surface area contributed by atoms with E-state index in [-0.39, 0.29) is 35.5 Å². The number of oxazole rings is 1. The molecule has 0 saturated carbocycles. The monoisotopic (exact) mass is 521 g/mol. The highest BCUT2D eigenvalue weighted by molar-refractivity contribution is 14.0. The average molecular weight is 521 g/mol. The predicted molar refractivity (Wildman–Crippen MR) is 124 cm³/mol. The number of halogens is 1. The fourth-order valence-electron chi connectivity index (χ4n) is 2.34. The van der Waals surface area contributed by atoms with Crippen LogP contribution in [0.15, 0.2) is 21.0 Å². The molecular weight excluding hydrogens is 489 g/mol. The first-order valence-corrected chi connectivity index (χ1v) is 10.0. The van der Waals surface area contributed by atoms with Crippen molar-refractivity contribution < 1.29 is 9.15 Å². The summed E-state index contributed by atoms with van der Waals surface area (Å²) in [6.45, 7) is 12.2. The van der Waals surface area contributed by atoms with Gasteiger partial charge in [-0.05, 0) is 13.8 Å². The second-order valence-electron chi connectivity index (χ2n) is 7.45. The third kappa shape index (κ3) is 7.00. The van der Waals surface area contributed by atoms with Crippen LogP contribution < -0.4 is 5.32 Å². The molecule has 2 rings (SSSR count). The largest absolute Gasteiger partial charge is 0.443 e. The minimum Gasteiger partial charge on any atom is -0.443 e. The second-order valence-corrected chi connectivity index (χ2v) is 8.34. The summed E-state index contributed by atoms with van der Waals surface area (Å²) >= 11 is 1.62. The summed E-state index contributed by atoms with van der Waals surface area (Å²) in [7, 11) is 3.69. The summed E-state index contributed by atoms with van der Waals surface area (Å²) in [5, 5.41) is 6.36. The molecular formula is C19H32IN5O2S. The first kappa shape index (κ1) is 24.8. The van der Waals surface area contributed by atoms with E-state index in [1.165, 1.54) is 0 Å². The molecule has 1 N–H and O–H groups in total. The smallest absolute Gasteiger partial charge is 0.216 e. The van der Waals surface area contributed by atoms with E-state index in [4.69, 9.17) is 9.15 Å². The molecule has 1 atom stereocenters. The van der Waals surface area contributed by atoms with Crippen LogP contribution in [-0.4, -0.2) is 41.5 Å². The molecule has 0 aromatic carbocycles. The van der Waals surface area contributed by atoms with Gasteiger partial charge in [0.1, 0.15) is 23.4 Å². The molecule has 28 heavy (non-hydrogen) atoms. The maximum Gasteiger partial charge on any atom is 0.216 e. The van der Waals surface area contributed by atoms with Crippen molar-refractivity contribution in [3.05, 3.63) is 33.9 Å². The standard InChI is InChI=1S/C19H31N5O2S.HI/c1-8-20-18(22-10-16-21-9-15(26-16)19(3,4)5)24(6)11-14-12-27-17(23-14)13(2)25-7;/h9,12-13H,8,10-11H2,1-7H3,(H,20,22);1H. The van der Waals surface area contributed by atoms with E-state index < -0.39 is 0 Å². The predicted octanol–water partition coefficient (Wildman–Crippen LogP) is 4.35. The van der Waals surface area contributed by atoms with Crippen LogP contribution in [-0.2, 0) is 23.2 Å². The third-order valence-electron chi connectivity index (χ3n) is 4.02. The first-order valence-electron chi connectivity index (χ1n) is 9.16. The van der Waals surface area contributed by atoms with Gasteiger partial charge in [-0.2, -0.15) is 0 Å². The van der Waals surface area contributed by atoms with Gasteiger partial charge < -0.3 is 19.4 Å². The molecule has 7 nitrogen and oxygen atoms in total. The van der Waals surface area contributed by atoms with E-state index in [0.717, 1.165) is 29.0 Å². The third-order valence-corrected chi connectivity index (χ3v) is 5.08. The molecule has 0 radical (unpaired) electrons. The number of thiazole rings is 1. The lowest BCUT2D eigenvalue weighted by atomic mass is 9.94. The highest BCUT2D eigenvalue weighted by Crippen LogP contribution is 2.23. The average Bonchev–Trinajstić information content (AvgIpc) is 3.27. The van der Waals surface area contributed by atoms with Crippen LogP contribution in [0.25, 0.3) is 0 Å². The van der Waals surface area contributed by atoms with Crippen molar-refractivity contribution in [1.82, 2.24) is 20.2 Å². The number of methoxy groups -OCH3 is 1. The highest BCUT2D eigenvalue weighted by Gasteiger charge is 2.19. The summed E-state index contributed by atoms with van der Waals surface area (Å²) in [5.74, 6) is 2.28. The fourth-order valence-corrected chi connectivity index (χ4v) is 3.18. The van der Waals surface area contributed by atoms with Crippen molar-refractivity contribution in [2.75, 3.05) is 20.7 Å². The van der Waals surface area contributed by atoms with Crippen molar-refractivity contribution in [2.45, 2.75) is 59.2 Å². The number of hydrogen-bond acceptors (Lipinski definition) is 6. The van der Waals surface area contributed by atoms with Crippen LogP contribution >= 0.6 is 35.3 Å². The van der Waals surface area contributed by atoms with E-state index in [0.29, 0.717) is 19.0 Å². The van der Waals surface area contributed by atoms with Crippen LogP contribution in [0, 0.1) is 0 Å². The maximum absolute atomic E-state index is 5.83. The van der Waals surface area contributed by atoms with E-state index in [2.05, 4.69) is 46.4 Å². The highest BCUT2D eigenvalue weighted by atomic mass is 127. The van der Waals surface area contributed by atoms with Gasteiger partial charge in [0.25, 0.3) is 0 Å². The Hall–Kier alpha value is -1.20. The Morgan fingerprint density at radius 3 is 2.71 bits per heavy atom. The summed E-state index contributed by atoms with van der Waals surface area (Å²) in [6.07, 6.45) is 1.80. The molecule has 0 aliphatic rings. The van der Waals surface area contributed by atoms with Gasteiger partial charge in [0, 0.05) is 31.5 Å². The van der Waals surface area contributed by atoms with Gasteiger partial charge in [-0.25, -0.2) is 15.0 Å². The zero-order valence-corrected chi connectivity index (χ0v) is 20.9. The van der Waals surface area contributed by atoms with Gasteiger partial charge in [-0.3, -0.25) is 0 Å². The number of rotatable bonds is 7. The Morgan fingerprint density at radius 2 is 2.14 bits per heavy atom. The lowest BCUT2D eigenvalue weighted by Gasteiger charge is -2.21. The molecule has 0 saturated heterocycles. The fraction of sp³-hybridized carbons (Fsp3) is 0.632. The topological polar surface area (TPSA) is 75.8 Å². The Labute approximate surface area is 189 Å². The number of aliphatic imine (C=N–C) groups is 1. The first-order chi connectivity index (χ1) is 12.7. The summed E-state index contributed by atoms with van der Waals surface area (Å²) in [6, 6.07) is 0. The normalized spacial score (nSPS) is 13.2. The molecule has 0 amide bonds. The van der Waals surface area contributed by atoms with Gasteiger partial charge in [0.05, 0.1) is 18.4 Å². The van der Waals surface area contributed by atoms with E-state index in [9.17, 15) is 0 Å². The van der Waals surface area contributed by atoms with Crippen molar-refractivity contribution in [2.24, 2.45) is 4.99 Å². The van der Waals surface area contributed by atoms with E-state index in [1.54, 1.807) is 24.6 Å². The minimum atomic E-state index is -0.0576. The Morgan fingerprint density at radius 1 is 1.43 bits per heavy atom. The number of nitrogens with zero attached hydrogens (tertiary/aromatic N) is 4. The SMILES string of the molecule is CCNC(=NCc1ncc(C(C)(C)C)o1)N(C)Cc1csc(C(C)OC)n1.I. The molecule has 9 heteroatoms. The Balaban J connectivity index is 0.00000392. The quantitative estimate of drug-likeness (QED) is 0.332. The Kier molecular flexibility index (Phi) is 9.85. The number of guanidine groups is 1. The van der Waals surface area contributed by atoms with Gasteiger partial charge in [0.15, 0.2) is 5.96 Å². The molecule has 0 spiro atoms. The molecule has 0 bridgehead atoms. The van der Waals surface area contributed by atoms with E-state index in [1.807, 2.05) is 25.8 Å². The van der Waals surface area contributed by atoms with Crippen LogP contribution in [0.2, 0.25) is 0 Å².